The summed E-state index contributed by atoms with van der Waals surface area (Å²) in [5, 5.41) is 3.64. The van der Waals surface area contributed by atoms with Crippen LogP contribution in [0.1, 0.15) is 23.5 Å². The predicted octanol–water partition coefficient (Wildman–Crippen LogP) is 9.83. The van der Waals surface area contributed by atoms with Crippen LogP contribution in [0.3, 0.4) is 0 Å². The molecule has 1 aliphatic heterocycles. The third-order valence-corrected chi connectivity index (χ3v) is 9.60. The Balaban J connectivity index is 1.21. The molecule has 4 heteroatoms. The maximum Gasteiger partial charge on any atom is 0.195 e. The maximum absolute atomic E-state index is 14.0. The van der Waals surface area contributed by atoms with Gasteiger partial charge in [-0.1, -0.05) is 78.9 Å². The smallest absolute Gasteiger partial charge is 0.195 e. The van der Waals surface area contributed by atoms with Crippen LogP contribution < -0.4 is 10.2 Å². The van der Waals surface area contributed by atoms with Crippen molar-refractivity contribution < 1.29 is 9.15 Å². The standard InChI is InChI=1S/C37H22O3S/c38-35-29-19-21(23-9-5-11-27-25-7-1-3-13-31(25)39-36(23)27)15-17-33(29)41-34-18-16-22(20-30(34)35)24-10-6-12-28-26-8-2-4-14-32(26)40-37(24)28/h1-11,13-20,28H,12H2. The van der Waals surface area contributed by atoms with Crippen molar-refractivity contribution >= 4 is 59.0 Å². The Morgan fingerprint density at radius 3 is 2.37 bits per heavy atom. The Hall–Kier alpha value is -4.93. The molecule has 0 amide bonds. The van der Waals surface area contributed by atoms with E-state index in [2.05, 4.69) is 72.8 Å². The van der Waals surface area contributed by atoms with E-state index in [1.54, 1.807) is 11.3 Å². The van der Waals surface area contributed by atoms with Gasteiger partial charge in [0.2, 0.25) is 0 Å². The minimum Gasteiger partial charge on any atom is -0.460 e. The van der Waals surface area contributed by atoms with E-state index in [9.17, 15) is 4.79 Å². The molecule has 1 unspecified atom stereocenters. The van der Waals surface area contributed by atoms with Crippen molar-refractivity contribution in [2.24, 2.45) is 0 Å². The highest BCUT2D eigenvalue weighted by atomic mass is 32.1. The average Bonchev–Trinajstić information content (AvgIpc) is 3.60. The van der Waals surface area contributed by atoms with Gasteiger partial charge < -0.3 is 9.15 Å². The quantitative estimate of drug-likeness (QED) is 0.203. The summed E-state index contributed by atoms with van der Waals surface area (Å²) in [5.41, 5.74) is 7.01. The summed E-state index contributed by atoms with van der Waals surface area (Å²) >= 11 is 1.65. The van der Waals surface area contributed by atoms with E-state index in [1.165, 1.54) is 5.56 Å². The van der Waals surface area contributed by atoms with Gasteiger partial charge in [-0.2, -0.15) is 0 Å². The Labute approximate surface area is 239 Å². The van der Waals surface area contributed by atoms with Crippen LogP contribution >= 0.6 is 11.3 Å². The Morgan fingerprint density at radius 2 is 1.46 bits per heavy atom. The molecule has 0 spiro atoms. The number of para-hydroxylation sites is 3. The zero-order valence-electron chi connectivity index (χ0n) is 21.9. The fraction of sp³-hybridized carbons (Fsp3) is 0.0541. The van der Waals surface area contributed by atoms with Gasteiger partial charge in [0.1, 0.15) is 22.7 Å². The summed E-state index contributed by atoms with van der Waals surface area (Å²) in [6, 6.07) is 35.0. The van der Waals surface area contributed by atoms with E-state index < -0.39 is 0 Å². The van der Waals surface area contributed by atoms with Crippen molar-refractivity contribution in [1.82, 2.24) is 0 Å². The summed E-state index contributed by atoms with van der Waals surface area (Å²) in [5.74, 6) is 2.13. The largest absolute Gasteiger partial charge is 0.460 e. The molecule has 5 aromatic carbocycles. The molecule has 3 nitrogen and oxygen atoms in total. The van der Waals surface area contributed by atoms with Gasteiger partial charge in [0.05, 0.1) is 0 Å². The van der Waals surface area contributed by atoms with Crippen LogP contribution in [0.5, 0.6) is 5.75 Å². The molecule has 3 heterocycles. The van der Waals surface area contributed by atoms with Gasteiger partial charge in [0.25, 0.3) is 0 Å². The molecule has 0 fully saturated rings. The minimum atomic E-state index is 0.0480. The molecule has 0 saturated carbocycles. The molecule has 1 atom stereocenters. The number of benzene rings is 5. The fourth-order valence-electron chi connectivity index (χ4n) is 6.48. The van der Waals surface area contributed by atoms with E-state index >= 15 is 0 Å². The summed E-state index contributed by atoms with van der Waals surface area (Å²) in [6.45, 7) is 0. The zero-order valence-corrected chi connectivity index (χ0v) is 22.7. The molecule has 2 aliphatic rings. The second-order valence-corrected chi connectivity index (χ2v) is 11.8. The van der Waals surface area contributed by atoms with E-state index in [0.29, 0.717) is 0 Å². The summed E-state index contributed by atoms with van der Waals surface area (Å²) in [7, 11) is 0. The highest BCUT2D eigenvalue weighted by Crippen LogP contribution is 2.48. The van der Waals surface area contributed by atoms with Gasteiger partial charge in [0, 0.05) is 53.6 Å². The first kappa shape index (κ1) is 22.8. The first-order valence-corrected chi connectivity index (χ1v) is 14.6. The summed E-state index contributed by atoms with van der Waals surface area (Å²) < 4.78 is 14.6. The number of allylic oxidation sites excluding steroid dienone is 4. The topological polar surface area (TPSA) is 39.4 Å². The van der Waals surface area contributed by atoms with Crippen molar-refractivity contribution in [3.8, 4) is 16.9 Å². The van der Waals surface area contributed by atoms with Crippen molar-refractivity contribution in [2.45, 2.75) is 12.3 Å². The molecule has 0 saturated heterocycles. The number of fused-ring (bicyclic) bond motifs is 8. The second kappa shape index (κ2) is 8.53. The van der Waals surface area contributed by atoms with Crippen LogP contribution in [0.4, 0.5) is 0 Å². The Kier molecular flexibility index (Phi) is 4.75. The highest BCUT2D eigenvalue weighted by molar-refractivity contribution is 7.24. The monoisotopic (exact) mass is 546 g/mol. The molecular formula is C37H22O3S. The normalized spacial score (nSPS) is 16.0. The van der Waals surface area contributed by atoms with E-state index in [0.717, 1.165) is 82.3 Å². The molecule has 41 heavy (non-hydrogen) atoms. The van der Waals surface area contributed by atoms with Crippen LogP contribution in [0.2, 0.25) is 0 Å². The van der Waals surface area contributed by atoms with Crippen molar-refractivity contribution in [2.75, 3.05) is 0 Å². The average molecular weight is 547 g/mol. The number of hydrogen-bond donors (Lipinski definition) is 0. The molecule has 2 aromatic heterocycles. The Bertz CT molecular complexity index is 2350. The fourth-order valence-corrected chi connectivity index (χ4v) is 7.51. The van der Waals surface area contributed by atoms with Gasteiger partial charge in [-0.15, -0.1) is 11.3 Å². The third kappa shape index (κ3) is 3.35. The molecule has 9 rings (SSSR count). The van der Waals surface area contributed by atoms with Gasteiger partial charge in [0.15, 0.2) is 5.43 Å². The molecule has 7 aromatic rings. The third-order valence-electron chi connectivity index (χ3n) is 8.45. The lowest BCUT2D eigenvalue weighted by Crippen LogP contribution is -2.06. The summed E-state index contributed by atoms with van der Waals surface area (Å²) in [4.78, 5) is 14.0. The Morgan fingerprint density at radius 1 is 0.707 bits per heavy atom. The van der Waals surface area contributed by atoms with Crippen LogP contribution in [-0.2, 0) is 0 Å². The number of furan rings is 1. The van der Waals surface area contributed by atoms with E-state index in [-0.39, 0.29) is 11.3 Å². The van der Waals surface area contributed by atoms with Crippen LogP contribution in [-0.4, -0.2) is 0 Å². The van der Waals surface area contributed by atoms with E-state index in [4.69, 9.17) is 9.15 Å². The number of hydrogen-bond acceptors (Lipinski definition) is 4. The van der Waals surface area contributed by atoms with Gasteiger partial charge in [-0.05, 0) is 53.9 Å². The van der Waals surface area contributed by atoms with Crippen LogP contribution in [0.15, 0.2) is 130 Å². The molecular weight excluding hydrogens is 524 g/mol. The first-order valence-electron chi connectivity index (χ1n) is 13.8. The molecule has 1 aliphatic carbocycles. The maximum atomic E-state index is 14.0. The van der Waals surface area contributed by atoms with Crippen LogP contribution in [0, 0.1) is 0 Å². The van der Waals surface area contributed by atoms with E-state index in [1.807, 2.05) is 42.5 Å². The molecule has 0 bridgehead atoms. The molecule has 0 radical (unpaired) electrons. The van der Waals surface area contributed by atoms with Crippen molar-refractivity contribution in [1.29, 1.82) is 0 Å². The number of ether oxygens (including phenoxy) is 1. The lowest BCUT2D eigenvalue weighted by atomic mass is 9.87. The SMILES string of the molecule is O=c1c2cc(C3=C4Oc5ccccc5C4CC=C3)ccc2sc2ccc(-c3cccc4c3oc3ccccc34)cc12. The second-order valence-electron chi connectivity index (χ2n) is 10.7. The molecule has 194 valence electrons. The lowest BCUT2D eigenvalue weighted by Gasteiger charge is -2.18. The van der Waals surface area contributed by atoms with Crippen molar-refractivity contribution in [3.63, 3.8) is 0 Å². The summed E-state index contributed by atoms with van der Waals surface area (Å²) in [6.07, 6.45) is 5.27. The van der Waals surface area contributed by atoms with Gasteiger partial charge in [-0.25, -0.2) is 0 Å². The highest BCUT2D eigenvalue weighted by Gasteiger charge is 2.32. The van der Waals surface area contributed by atoms with Gasteiger partial charge >= 0.3 is 0 Å². The van der Waals surface area contributed by atoms with Crippen molar-refractivity contribution in [3.05, 3.63) is 142 Å². The first-order chi connectivity index (χ1) is 20.2. The van der Waals surface area contributed by atoms with Gasteiger partial charge in [-0.3, -0.25) is 4.79 Å². The predicted molar refractivity (Wildman–Crippen MR) is 169 cm³/mol. The minimum absolute atomic E-state index is 0.0480. The number of rotatable bonds is 2. The zero-order chi connectivity index (χ0) is 27.1. The van der Waals surface area contributed by atoms with Crippen LogP contribution in [0.25, 0.3) is 58.8 Å². The lowest BCUT2D eigenvalue weighted by molar-refractivity contribution is 0.429. The molecule has 0 N–H and O–H groups in total.